The Balaban J connectivity index is 1.62. The van der Waals surface area contributed by atoms with E-state index in [1.54, 1.807) is 31.1 Å². The summed E-state index contributed by atoms with van der Waals surface area (Å²) >= 11 is 6.65. The Kier molecular flexibility index (Phi) is 6.61. The maximum Gasteiger partial charge on any atom is 0.410 e. The van der Waals surface area contributed by atoms with Crippen molar-refractivity contribution >= 4 is 46.2 Å². The molecule has 0 aliphatic carbocycles. The summed E-state index contributed by atoms with van der Waals surface area (Å²) in [6, 6.07) is 2.75. The van der Waals surface area contributed by atoms with Gasteiger partial charge in [-0.15, -0.1) is 0 Å². The summed E-state index contributed by atoms with van der Waals surface area (Å²) in [6.45, 7) is 6.79. The van der Waals surface area contributed by atoms with Gasteiger partial charge in [0.15, 0.2) is 0 Å². The number of nitrogens with zero attached hydrogens (tertiary/aromatic N) is 4. The van der Waals surface area contributed by atoms with Crippen molar-refractivity contribution in [2.75, 3.05) is 25.0 Å². The Hall–Kier alpha value is -3.01. The first kappa shape index (κ1) is 25.1. The van der Waals surface area contributed by atoms with Crippen LogP contribution in [0.3, 0.4) is 0 Å². The Bertz CT molecular complexity index is 1240. The minimum Gasteiger partial charge on any atom is -0.444 e. The molecule has 1 atom stereocenters. The largest absolute Gasteiger partial charge is 0.444 e. The van der Waals surface area contributed by atoms with Gasteiger partial charge in [0.05, 0.1) is 21.7 Å². The van der Waals surface area contributed by atoms with E-state index in [4.69, 9.17) is 16.3 Å². The fourth-order valence-corrected chi connectivity index (χ4v) is 5.19. The van der Waals surface area contributed by atoms with Crippen molar-refractivity contribution in [1.29, 1.82) is 0 Å². The number of aryl methyl sites for hydroxylation is 1. The summed E-state index contributed by atoms with van der Waals surface area (Å²) in [5, 5.41) is 2.84. The lowest BCUT2D eigenvalue weighted by atomic mass is 10.0. The van der Waals surface area contributed by atoms with Crippen LogP contribution in [0, 0.1) is 0 Å². The fraction of sp³-hybridized carbons (Fsp3) is 0.583. The molecule has 2 aliphatic rings. The van der Waals surface area contributed by atoms with Gasteiger partial charge in [0.2, 0.25) is 11.8 Å². The number of amides is 3. The molecule has 2 saturated heterocycles. The molecule has 1 N–H and O–H groups in total. The second-order valence-electron chi connectivity index (χ2n) is 10.3. The third-order valence-electron chi connectivity index (χ3n) is 6.70. The molecule has 11 heteroatoms. The predicted octanol–water partition coefficient (Wildman–Crippen LogP) is 2.81. The van der Waals surface area contributed by atoms with E-state index < -0.39 is 17.6 Å². The van der Waals surface area contributed by atoms with Gasteiger partial charge in [-0.05, 0) is 52.2 Å². The standard InChI is InChI=1S/C24H32ClN5O5/c1-24(2,3)35-23(34)27(4)14-10-12-29(13-11-14)19-15(25)6-7-16-20(19)28(5)22(33)30(16)17-8-9-18(31)26-21(17)32/h6-7,14,17H,8-13H2,1-5H3,(H,26,31,32). The molecule has 2 aromatic rings. The van der Waals surface area contributed by atoms with Crippen molar-refractivity contribution in [3.05, 3.63) is 27.6 Å². The van der Waals surface area contributed by atoms with Gasteiger partial charge in [-0.25, -0.2) is 9.59 Å². The van der Waals surface area contributed by atoms with Gasteiger partial charge in [-0.2, -0.15) is 0 Å². The number of anilines is 1. The number of benzene rings is 1. The molecule has 10 nitrogen and oxygen atoms in total. The molecule has 0 spiro atoms. The summed E-state index contributed by atoms with van der Waals surface area (Å²) in [6.07, 6.45) is 1.52. The van der Waals surface area contributed by atoms with Crippen LogP contribution in [0.1, 0.15) is 52.5 Å². The zero-order chi connectivity index (χ0) is 25.7. The van der Waals surface area contributed by atoms with Crippen molar-refractivity contribution in [3.63, 3.8) is 0 Å². The summed E-state index contributed by atoms with van der Waals surface area (Å²) in [7, 11) is 3.42. The highest BCUT2D eigenvalue weighted by molar-refractivity contribution is 6.34. The molecule has 3 heterocycles. The molecular weight excluding hydrogens is 474 g/mol. The second kappa shape index (κ2) is 9.22. The lowest BCUT2D eigenvalue weighted by Gasteiger charge is -2.38. The van der Waals surface area contributed by atoms with Crippen LogP contribution in [0.5, 0.6) is 0 Å². The van der Waals surface area contributed by atoms with Gasteiger partial charge in [0, 0.05) is 39.6 Å². The van der Waals surface area contributed by atoms with E-state index in [0.717, 1.165) is 5.69 Å². The molecule has 35 heavy (non-hydrogen) atoms. The number of piperidine rings is 2. The minimum absolute atomic E-state index is 0.0240. The second-order valence-corrected chi connectivity index (χ2v) is 10.7. The zero-order valence-electron chi connectivity index (χ0n) is 20.8. The number of carbonyl (C=O) groups excluding carboxylic acids is 3. The molecule has 1 aromatic heterocycles. The first-order valence-corrected chi connectivity index (χ1v) is 12.2. The number of hydrogen-bond donors (Lipinski definition) is 1. The van der Waals surface area contributed by atoms with Crippen molar-refractivity contribution in [3.8, 4) is 0 Å². The summed E-state index contributed by atoms with van der Waals surface area (Å²) in [5.74, 6) is -0.805. The number of carbonyl (C=O) groups is 3. The Morgan fingerprint density at radius 1 is 1.14 bits per heavy atom. The van der Waals surface area contributed by atoms with Crippen LogP contribution in [0.25, 0.3) is 11.0 Å². The summed E-state index contributed by atoms with van der Waals surface area (Å²) in [4.78, 5) is 53.6. The number of nitrogens with one attached hydrogen (secondary N) is 1. The fourth-order valence-electron chi connectivity index (χ4n) is 4.92. The molecule has 0 radical (unpaired) electrons. The summed E-state index contributed by atoms with van der Waals surface area (Å²) < 4.78 is 8.47. The van der Waals surface area contributed by atoms with Gasteiger partial charge in [-0.1, -0.05) is 11.6 Å². The van der Waals surface area contributed by atoms with Gasteiger partial charge in [0.1, 0.15) is 11.6 Å². The van der Waals surface area contributed by atoms with E-state index >= 15 is 0 Å². The van der Waals surface area contributed by atoms with Gasteiger partial charge >= 0.3 is 11.8 Å². The highest BCUT2D eigenvalue weighted by Gasteiger charge is 2.34. The van der Waals surface area contributed by atoms with E-state index in [1.165, 1.54) is 9.13 Å². The number of imide groups is 1. The zero-order valence-corrected chi connectivity index (χ0v) is 21.5. The van der Waals surface area contributed by atoms with Crippen LogP contribution in [0.2, 0.25) is 5.02 Å². The third kappa shape index (κ3) is 4.76. The van der Waals surface area contributed by atoms with Crippen LogP contribution in [-0.2, 0) is 21.4 Å². The Morgan fingerprint density at radius 2 is 1.80 bits per heavy atom. The molecule has 1 unspecified atom stereocenters. The number of fused-ring (bicyclic) bond motifs is 1. The van der Waals surface area contributed by atoms with E-state index in [9.17, 15) is 19.2 Å². The van der Waals surface area contributed by atoms with Gasteiger partial charge in [-0.3, -0.25) is 24.0 Å². The molecule has 0 saturated carbocycles. The van der Waals surface area contributed by atoms with E-state index in [0.29, 0.717) is 42.0 Å². The lowest BCUT2D eigenvalue weighted by Crippen LogP contribution is -2.47. The average Bonchev–Trinajstić information content (AvgIpc) is 3.03. The molecule has 4 rings (SSSR count). The monoisotopic (exact) mass is 505 g/mol. The lowest BCUT2D eigenvalue weighted by molar-refractivity contribution is -0.135. The first-order valence-electron chi connectivity index (χ1n) is 11.8. The Labute approximate surface area is 208 Å². The minimum atomic E-state index is -0.758. The number of hydrogen-bond acceptors (Lipinski definition) is 6. The predicted molar refractivity (Wildman–Crippen MR) is 133 cm³/mol. The molecule has 3 amide bonds. The maximum atomic E-state index is 13.2. The van der Waals surface area contributed by atoms with E-state index in [2.05, 4.69) is 10.2 Å². The average molecular weight is 506 g/mol. The Morgan fingerprint density at radius 3 is 2.40 bits per heavy atom. The number of ether oxygens (including phenoxy) is 1. The quantitative estimate of drug-likeness (QED) is 0.643. The normalized spacial score (nSPS) is 19.7. The highest BCUT2D eigenvalue weighted by Crippen LogP contribution is 2.37. The summed E-state index contributed by atoms with van der Waals surface area (Å²) in [5.41, 5.74) is 1.08. The SMILES string of the molecule is CN(C(=O)OC(C)(C)C)C1CCN(c2c(Cl)ccc3c2n(C)c(=O)n3C2CCC(=O)NC2=O)CC1. The van der Waals surface area contributed by atoms with Crippen molar-refractivity contribution < 1.29 is 19.1 Å². The van der Waals surface area contributed by atoms with Gasteiger partial charge < -0.3 is 14.5 Å². The molecule has 190 valence electrons. The first-order chi connectivity index (χ1) is 16.4. The van der Waals surface area contributed by atoms with Crippen LogP contribution in [-0.4, -0.2) is 63.7 Å². The maximum absolute atomic E-state index is 13.2. The number of imidazole rings is 1. The topological polar surface area (TPSA) is 106 Å². The van der Waals surface area contributed by atoms with Gasteiger partial charge in [0.25, 0.3) is 0 Å². The smallest absolute Gasteiger partial charge is 0.410 e. The van der Waals surface area contributed by atoms with Crippen molar-refractivity contribution in [1.82, 2.24) is 19.4 Å². The molecule has 0 bridgehead atoms. The molecule has 2 fully saturated rings. The highest BCUT2D eigenvalue weighted by atomic mass is 35.5. The number of rotatable bonds is 3. The van der Waals surface area contributed by atoms with Crippen LogP contribution in [0.15, 0.2) is 16.9 Å². The molecule has 2 aliphatic heterocycles. The van der Waals surface area contributed by atoms with E-state index in [1.807, 2.05) is 20.8 Å². The number of aromatic nitrogens is 2. The molecule has 1 aromatic carbocycles. The van der Waals surface area contributed by atoms with Crippen LogP contribution < -0.4 is 15.9 Å². The number of halogens is 1. The molecular formula is C24H32ClN5O5. The van der Waals surface area contributed by atoms with Crippen LogP contribution >= 0.6 is 11.6 Å². The van der Waals surface area contributed by atoms with E-state index in [-0.39, 0.29) is 36.6 Å². The van der Waals surface area contributed by atoms with Crippen molar-refractivity contribution in [2.24, 2.45) is 7.05 Å². The van der Waals surface area contributed by atoms with Crippen LogP contribution in [0.4, 0.5) is 10.5 Å². The third-order valence-corrected chi connectivity index (χ3v) is 7.01. The van der Waals surface area contributed by atoms with Crippen molar-refractivity contribution in [2.45, 2.75) is 64.1 Å².